The van der Waals surface area contributed by atoms with Gasteiger partial charge in [-0.2, -0.15) is 0 Å². The van der Waals surface area contributed by atoms with Crippen LogP contribution in [0, 0.1) is 5.41 Å². The molecule has 1 nitrogen and oxygen atoms in total. The van der Waals surface area contributed by atoms with Crippen LogP contribution in [0.4, 0.5) is 0 Å². The third-order valence-electron chi connectivity index (χ3n) is 3.32. The normalized spacial score (nSPS) is 31.8. The van der Waals surface area contributed by atoms with E-state index in [1.54, 1.807) is 0 Å². The molecule has 1 saturated heterocycles. The number of rotatable bonds is 3. The maximum Gasteiger partial charge on any atom is 0.0900 e. The van der Waals surface area contributed by atoms with Crippen LogP contribution in [0.15, 0.2) is 24.8 Å². The van der Waals surface area contributed by atoms with E-state index in [-0.39, 0.29) is 0 Å². The van der Waals surface area contributed by atoms with Crippen molar-refractivity contribution in [1.82, 2.24) is 0 Å². The van der Waals surface area contributed by atoms with Gasteiger partial charge in [0, 0.05) is 5.41 Å². The van der Waals surface area contributed by atoms with Gasteiger partial charge in [-0.15, -0.1) is 0 Å². The van der Waals surface area contributed by atoms with Crippen molar-refractivity contribution in [3.63, 3.8) is 0 Å². The molecule has 2 rings (SSSR count). The molecule has 1 heterocycles. The Morgan fingerprint density at radius 2 is 1.92 bits per heavy atom. The highest BCUT2D eigenvalue weighted by atomic mass is 16.6. The van der Waals surface area contributed by atoms with E-state index in [4.69, 9.17) is 4.74 Å². The number of epoxide rings is 1. The molecule has 0 amide bonds. The van der Waals surface area contributed by atoms with Crippen molar-refractivity contribution in [2.75, 3.05) is 6.61 Å². The third-order valence-corrected chi connectivity index (χ3v) is 3.32. The zero-order valence-corrected chi connectivity index (χ0v) is 8.17. The Morgan fingerprint density at radius 1 is 1.23 bits per heavy atom. The zero-order chi connectivity index (χ0) is 9.15. The van der Waals surface area contributed by atoms with Gasteiger partial charge in [-0.05, 0) is 12.8 Å². The number of hydrogen-bond donors (Lipinski definition) is 0. The van der Waals surface area contributed by atoms with Crippen LogP contribution in [-0.2, 0) is 4.74 Å². The van der Waals surface area contributed by atoms with Crippen LogP contribution in [0.2, 0.25) is 0 Å². The second-order valence-electron chi connectivity index (χ2n) is 4.21. The predicted octanol–water partition coefficient (Wildman–Crippen LogP) is 3.08. The molecule has 0 spiro atoms. The standard InChI is InChI=1S/C12H18O/c1-2-3-7-12(11-10-13-11)8-5-4-6-9-12/h2-3,7,11H,1,4-6,8-10H2/b7-3+. The molecular formula is C12H18O. The van der Waals surface area contributed by atoms with Gasteiger partial charge in [0.15, 0.2) is 0 Å². The molecule has 1 saturated carbocycles. The largest absolute Gasteiger partial charge is 0.372 e. The lowest BCUT2D eigenvalue weighted by atomic mass is 9.71. The highest BCUT2D eigenvalue weighted by Gasteiger charge is 2.45. The summed E-state index contributed by atoms with van der Waals surface area (Å²) in [6.07, 6.45) is 13.6. The summed E-state index contributed by atoms with van der Waals surface area (Å²) in [5.41, 5.74) is 0.367. The average molecular weight is 178 g/mol. The Bertz CT molecular complexity index is 207. The van der Waals surface area contributed by atoms with Crippen LogP contribution in [0.5, 0.6) is 0 Å². The van der Waals surface area contributed by atoms with Gasteiger partial charge in [-0.1, -0.05) is 44.1 Å². The molecule has 1 heteroatoms. The van der Waals surface area contributed by atoms with Crippen molar-refractivity contribution in [3.05, 3.63) is 24.8 Å². The summed E-state index contributed by atoms with van der Waals surface area (Å²) >= 11 is 0. The Hall–Kier alpha value is -0.560. The second-order valence-corrected chi connectivity index (χ2v) is 4.21. The molecule has 1 aliphatic carbocycles. The maximum atomic E-state index is 5.46. The number of hydrogen-bond acceptors (Lipinski definition) is 1. The molecule has 0 aromatic carbocycles. The van der Waals surface area contributed by atoms with Crippen LogP contribution in [0.3, 0.4) is 0 Å². The molecule has 72 valence electrons. The highest BCUT2D eigenvalue weighted by Crippen LogP contribution is 2.46. The van der Waals surface area contributed by atoms with Gasteiger partial charge in [-0.25, -0.2) is 0 Å². The van der Waals surface area contributed by atoms with Gasteiger partial charge in [0.1, 0.15) is 0 Å². The quantitative estimate of drug-likeness (QED) is 0.478. The summed E-state index contributed by atoms with van der Waals surface area (Å²) in [6.45, 7) is 4.70. The summed E-state index contributed by atoms with van der Waals surface area (Å²) in [5.74, 6) is 0. The Morgan fingerprint density at radius 3 is 2.46 bits per heavy atom. The minimum atomic E-state index is 0.367. The number of allylic oxidation sites excluding steroid dienone is 2. The molecule has 1 unspecified atom stereocenters. The second kappa shape index (κ2) is 3.67. The third kappa shape index (κ3) is 1.86. The van der Waals surface area contributed by atoms with Crippen LogP contribution < -0.4 is 0 Å². The van der Waals surface area contributed by atoms with E-state index >= 15 is 0 Å². The topological polar surface area (TPSA) is 12.5 Å². The minimum absolute atomic E-state index is 0.367. The molecule has 0 N–H and O–H groups in total. The van der Waals surface area contributed by atoms with Crippen molar-refractivity contribution in [1.29, 1.82) is 0 Å². The van der Waals surface area contributed by atoms with Gasteiger partial charge in [0.2, 0.25) is 0 Å². The molecule has 1 atom stereocenters. The lowest BCUT2D eigenvalue weighted by molar-refractivity contribution is 0.187. The molecule has 0 aromatic rings. The monoisotopic (exact) mass is 178 g/mol. The SMILES string of the molecule is C=C/C=C/C1(C2CO2)CCCCC1. The smallest absolute Gasteiger partial charge is 0.0900 e. The van der Waals surface area contributed by atoms with Crippen molar-refractivity contribution < 1.29 is 4.74 Å². The van der Waals surface area contributed by atoms with Gasteiger partial charge < -0.3 is 4.74 Å². The van der Waals surface area contributed by atoms with E-state index in [0.717, 1.165) is 6.61 Å². The van der Waals surface area contributed by atoms with E-state index in [2.05, 4.69) is 18.7 Å². The summed E-state index contributed by atoms with van der Waals surface area (Å²) in [6, 6.07) is 0. The van der Waals surface area contributed by atoms with Gasteiger partial charge in [0.25, 0.3) is 0 Å². The fourth-order valence-corrected chi connectivity index (χ4v) is 2.45. The van der Waals surface area contributed by atoms with Crippen LogP contribution in [-0.4, -0.2) is 12.7 Å². The lowest BCUT2D eigenvalue weighted by Gasteiger charge is -2.33. The molecule has 2 fully saturated rings. The molecular weight excluding hydrogens is 160 g/mol. The fourth-order valence-electron chi connectivity index (χ4n) is 2.45. The minimum Gasteiger partial charge on any atom is -0.372 e. The van der Waals surface area contributed by atoms with Crippen LogP contribution in [0.25, 0.3) is 0 Å². The molecule has 13 heavy (non-hydrogen) atoms. The van der Waals surface area contributed by atoms with E-state index in [0.29, 0.717) is 11.5 Å². The predicted molar refractivity (Wildman–Crippen MR) is 54.6 cm³/mol. The van der Waals surface area contributed by atoms with E-state index in [9.17, 15) is 0 Å². The average Bonchev–Trinajstić information content (AvgIpc) is 3.00. The molecule has 0 bridgehead atoms. The van der Waals surface area contributed by atoms with Crippen molar-refractivity contribution in [2.45, 2.75) is 38.2 Å². The summed E-state index contributed by atoms with van der Waals surface area (Å²) < 4.78 is 5.46. The molecule has 1 aliphatic heterocycles. The first-order chi connectivity index (χ1) is 6.37. The molecule has 2 aliphatic rings. The summed E-state index contributed by atoms with van der Waals surface area (Å²) in [7, 11) is 0. The van der Waals surface area contributed by atoms with E-state index in [1.807, 2.05) is 6.08 Å². The fraction of sp³-hybridized carbons (Fsp3) is 0.667. The maximum absolute atomic E-state index is 5.46. The lowest BCUT2D eigenvalue weighted by Crippen LogP contribution is -2.27. The van der Waals surface area contributed by atoms with Crippen molar-refractivity contribution >= 4 is 0 Å². The Kier molecular flexibility index (Phi) is 2.54. The van der Waals surface area contributed by atoms with Crippen LogP contribution in [0.1, 0.15) is 32.1 Å². The van der Waals surface area contributed by atoms with Gasteiger partial charge in [-0.3, -0.25) is 0 Å². The Balaban J connectivity index is 2.08. The zero-order valence-electron chi connectivity index (χ0n) is 8.17. The van der Waals surface area contributed by atoms with E-state index in [1.165, 1.54) is 32.1 Å². The summed E-state index contributed by atoms with van der Waals surface area (Å²) in [5, 5.41) is 0. The Labute approximate surface area is 80.5 Å². The molecule has 0 aromatic heterocycles. The van der Waals surface area contributed by atoms with E-state index < -0.39 is 0 Å². The first-order valence-corrected chi connectivity index (χ1v) is 5.29. The van der Waals surface area contributed by atoms with Crippen molar-refractivity contribution in [2.24, 2.45) is 5.41 Å². The molecule has 0 radical (unpaired) electrons. The summed E-state index contributed by atoms with van der Waals surface area (Å²) in [4.78, 5) is 0. The number of ether oxygens (including phenoxy) is 1. The van der Waals surface area contributed by atoms with Crippen LogP contribution >= 0.6 is 0 Å². The first kappa shape index (κ1) is 9.01. The van der Waals surface area contributed by atoms with Crippen molar-refractivity contribution in [3.8, 4) is 0 Å². The highest BCUT2D eigenvalue weighted by molar-refractivity contribution is 5.12. The first-order valence-electron chi connectivity index (χ1n) is 5.29. The van der Waals surface area contributed by atoms with Gasteiger partial charge in [0.05, 0.1) is 12.7 Å². The van der Waals surface area contributed by atoms with Gasteiger partial charge >= 0.3 is 0 Å².